The third-order valence-corrected chi connectivity index (χ3v) is 2.38. The lowest BCUT2D eigenvalue weighted by Crippen LogP contribution is -2.18. The first kappa shape index (κ1) is 12.0. The van der Waals surface area contributed by atoms with Crippen molar-refractivity contribution < 1.29 is 9.59 Å². The van der Waals surface area contributed by atoms with Crippen molar-refractivity contribution in [2.24, 2.45) is 5.73 Å². The lowest BCUT2D eigenvalue weighted by Gasteiger charge is -2.07. The van der Waals surface area contributed by atoms with Gasteiger partial charge in [0.25, 0.3) is 5.91 Å². The van der Waals surface area contributed by atoms with Gasteiger partial charge in [-0.1, -0.05) is 15.9 Å². The fraction of sp³-hybridized carbons (Fsp3) is 0.111. The minimum Gasteiger partial charge on any atom is -0.366 e. The molecule has 1 rings (SSSR count). The number of benzene rings is 1. The van der Waals surface area contributed by atoms with E-state index in [1.165, 1.54) is 6.07 Å². The van der Waals surface area contributed by atoms with Gasteiger partial charge in [0.15, 0.2) is 0 Å². The minimum absolute atomic E-state index is 0.172. The van der Waals surface area contributed by atoms with Crippen LogP contribution in [-0.2, 0) is 4.79 Å². The molecule has 6 heteroatoms. The Morgan fingerprint density at radius 2 is 2.13 bits per heavy atom. The molecule has 1 aromatic carbocycles. The normalized spacial score (nSPS) is 9.73. The third kappa shape index (κ3) is 3.21. The topological polar surface area (TPSA) is 72.2 Å². The molecule has 0 saturated heterocycles. The van der Waals surface area contributed by atoms with E-state index in [2.05, 4.69) is 21.2 Å². The number of nitrogens with two attached hydrogens (primary N) is 1. The summed E-state index contributed by atoms with van der Waals surface area (Å²) in [5.74, 6) is -1.17. The first-order valence-electron chi connectivity index (χ1n) is 3.99. The van der Waals surface area contributed by atoms with Crippen molar-refractivity contribution in [2.75, 3.05) is 11.2 Å². The van der Waals surface area contributed by atoms with Gasteiger partial charge in [0.1, 0.15) is 5.88 Å². The number of anilines is 1. The molecule has 0 radical (unpaired) electrons. The molecule has 0 unspecified atom stereocenters. The molecule has 0 spiro atoms. The van der Waals surface area contributed by atoms with Crippen molar-refractivity contribution in [3.05, 3.63) is 28.2 Å². The zero-order valence-electron chi connectivity index (χ0n) is 7.59. The molecule has 0 saturated carbocycles. The van der Waals surface area contributed by atoms with Crippen LogP contribution < -0.4 is 11.1 Å². The van der Waals surface area contributed by atoms with Crippen LogP contribution in [-0.4, -0.2) is 17.7 Å². The van der Waals surface area contributed by atoms with Gasteiger partial charge in [-0.15, -0.1) is 11.6 Å². The van der Waals surface area contributed by atoms with Crippen molar-refractivity contribution in [3.63, 3.8) is 0 Å². The summed E-state index contributed by atoms with van der Waals surface area (Å²) in [6.07, 6.45) is 0. The van der Waals surface area contributed by atoms with E-state index in [4.69, 9.17) is 17.3 Å². The number of alkyl halides is 1. The summed E-state index contributed by atoms with van der Waals surface area (Å²) >= 11 is 8.53. The minimum atomic E-state index is -0.610. The van der Waals surface area contributed by atoms with Crippen LogP contribution in [0.4, 0.5) is 5.69 Å². The summed E-state index contributed by atoms with van der Waals surface area (Å²) in [4.78, 5) is 22.1. The van der Waals surface area contributed by atoms with Crippen LogP contribution in [0.2, 0.25) is 0 Å². The Balaban J connectivity index is 3.06. The summed E-state index contributed by atoms with van der Waals surface area (Å²) in [7, 11) is 0. The molecule has 0 aliphatic rings. The van der Waals surface area contributed by atoms with Crippen LogP contribution >= 0.6 is 27.5 Å². The van der Waals surface area contributed by atoms with Crippen LogP contribution in [0.3, 0.4) is 0 Å². The molecular weight excluding hydrogens is 283 g/mol. The first-order chi connectivity index (χ1) is 7.04. The molecule has 3 N–H and O–H groups in total. The number of primary amides is 1. The number of amides is 2. The van der Waals surface area contributed by atoms with E-state index in [1.807, 2.05) is 0 Å². The number of carbonyl (C=O) groups excluding carboxylic acids is 2. The highest BCUT2D eigenvalue weighted by atomic mass is 79.9. The maximum Gasteiger partial charge on any atom is 0.250 e. The van der Waals surface area contributed by atoms with Crippen molar-refractivity contribution in [3.8, 4) is 0 Å². The Bertz CT molecular complexity index is 409. The van der Waals surface area contributed by atoms with Crippen molar-refractivity contribution >= 4 is 45.0 Å². The summed E-state index contributed by atoms with van der Waals surface area (Å²) in [6.45, 7) is 0. The first-order valence-corrected chi connectivity index (χ1v) is 5.32. The molecule has 80 valence electrons. The fourth-order valence-corrected chi connectivity index (χ4v) is 1.44. The number of hydrogen-bond acceptors (Lipinski definition) is 2. The van der Waals surface area contributed by atoms with E-state index in [0.717, 1.165) is 0 Å². The van der Waals surface area contributed by atoms with Crippen LogP contribution in [0.1, 0.15) is 10.4 Å². The van der Waals surface area contributed by atoms with E-state index in [-0.39, 0.29) is 17.4 Å². The van der Waals surface area contributed by atoms with E-state index < -0.39 is 5.91 Å². The summed E-state index contributed by atoms with van der Waals surface area (Å²) in [6, 6.07) is 4.80. The Labute approximate surface area is 99.9 Å². The average Bonchev–Trinajstić information content (AvgIpc) is 2.20. The molecule has 2 amide bonds. The second-order valence-corrected chi connectivity index (χ2v) is 3.92. The molecule has 15 heavy (non-hydrogen) atoms. The largest absolute Gasteiger partial charge is 0.366 e. The maximum absolute atomic E-state index is 11.1. The summed E-state index contributed by atoms with van der Waals surface area (Å²) in [5.41, 5.74) is 5.75. The Morgan fingerprint density at radius 3 is 2.67 bits per heavy atom. The van der Waals surface area contributed by atoms with Gasteiger partial charge in [-0.25, -0.2) is 0 Å². The van der Waals surface area contributed by atoms with E-state index >= 15 is 0 Å². The molecule has 1 aromatic rings. The molecule has 0 aromatic heterocycles. The van der Waals surface area contributed by atoms with Gasteiger partial charge in [-0.05, 0) is 18.2 Å². The number of carbonyl (C=O) groups is 2. The van der Waals surface area contributed by atoms with Crippen LogP contribution in [0.15, 0.2) is 22.7 Å². The SMILES string of the molecule is NC(=O)c1cc(Br)ccc1NC(=O)CCl. The van der Waals surface area contributed by atoms with Crippen molar-refractivity contribution in [1.82, 2.24) is 0 Å². The second-order valence-electron chi connectivity index (χ2n) is 2.74. The predicted molar refractivity (Wildman–Crippen MR) is 62.0 cm³/mol. The monoisotopic (exact) mass is 290 g/mol. The second kappa shape index (κ2) is 5.14. The molecule has 4 nitrogen and oxygen atoms in total. The van der Waals surface area contributed by atoms with E-state index in [9.17, 15) is 9.59 Å². The highest BCUT2D eigenvalue weighted by Crippen LogP contribution is 2.20. The van der Waals surface area contributed by atoms with Crippen LogP contribution in [0.5, 0.6) is 0 Å². The molecule has 0 fully saturated rings. The smallest absolute Gasteiger partial charge is 0.250 e. The molecular formula is C9H8BrClN2O2. The summed E-state index contributed by atoms with van der Waals surface area (Å²) in [5, 5.41) is 2.48. The number of nitrogens with one attached hydrogen (secondary N) is 1. The Kier molecular flexibility index (Phi) is 4.11. The maximum atomic E-state index is 11.1. The average molecular weight is 292 g/mol. The Hall–Kier alpha value is -1.07. The Morgan fingerprint density at radius 1 is 1.47 bits per heavy atom. The van der Waals surface area contributed by atoms with E-state index in [0.29, 0.717) is 10.2 Å². The lowest BCUT2D eigenvalue weighted by atomic mass is 10.1. The van der Waals surface area contributed by atoms with Gasteiger partial charge in [0, 0.05) is 4.47 Å². The molecule has 0 heterocycles. The zero-order valence-corrected chi connectivity index (χ0v) is 9.93. The van der Waals surface area contributed by atoms with Gasteiger partial charge in [0.05, 0.1) is 11.3 Å². The fourth-order valence-electron chi connectivity index (χ4n) is 1.01. The number of hydrogen-bond donors (Lipinski definition) is 2. The van der Waals surface area contributed by atoms with Crippen molar-refractivity contribution in [2.45, 2.75) is 0 Å². The highest BCUT2D eigenvalue weighted by molar-refractivity contribution is 9.10. The standard InChI is InChI=1S/C9H8BrClN2O2/c10-5-1-2-7(13-8(14)4-11)6(3-5)9(12)15/h1-3H,4H2,(H2,12,15)(H,13,14). The molecule has 0 aliphatic carbocycles. The molecule has 0 bridgehead atoms. The quantitative estimate of drug-likeness (QED) is 0.832. The number of rotatable bonds is 3. The molecule has 0 atom stereocenters. The molecule has 0 aliphatic heterocycles. The van der Waals surface area contributed by atoms with Crippen LogP contribution in [0, 0.1) is 0 Å². The van der Waals surface area contributed by atoms with Gasteiger partial charge >= 0.3 is 0 Å². The van der Waals surface area contributed by atoms with E-state index in [1.54, 1.807) is 12.1 Å². The van der Waals surface area contributed by atoms with Gasteiger partial charge in [-0.2, -0.15) is 0 Å². The van der Waals surface area contributed by atoms with Gasteiger partial charge in [0.2, 0.25) is 5.91 Å². The number of halogens is 2. The highest BCUT2D eigenvalue weighted by Gasteiger charge is 2.10. The van der Waals surface area contributed by atoms with Gasteiger partial charge in [-0.3, -0.25) is 9.59 Å². The summed E-state index contributed by atoms with van der Waals surface area (Å²) < 4.78 is 0.708. The van der Waals surface area contributed by atoms with Crippen molar-refractivity contribution in [1.29, 1.82) is 0 Å². The third-order valence-electron chi connectivity index (χ3n) is 1.64. The zero-order chi connectivity index (χ0) is 11.4. The predicted octanol–water partition coefficient (Wildman–Crippen LogP) is 1.73. The van der Waals surface area contributed by atoms with Gasteiger partial charge < -0.3 is 11.1 Å². The van der Waals surface area contributed by atoms with Crippen LogP contribution in [0.25, 0.3) is 0 Å². The lowest BCUT2D eigenvalue weighted by molar-refractivity contribution is -0.113.